The highest BCUT2D eigenvalue weighted by atomic mass is 28.4. The Balaban J connectivity index is 2.00. The van der Waals surface area contributed by atoms with Crippen LogP contribution in [0.25, 0.3) is 0 Å². The molecule has 0 aromatic carbocycles. The van der Waals surface area contributed by atoms with E-state index in [1.165, 1.54) is 0 Å². The number of aliphatic imine (C=N–C) groups is 1. The topological polar surface area (TPSA) is 54.1 Å². The number of rotatable bonds is 3. The van der Waals surface area contributed by atoms with Crippen LogP contribution in [-0.2, 0) is 4.43 Å². The van der Waals surface area contributed by atoms with Crippen molar-refractivity contribution < 1.29 is 4.43 Å². The molecule has 2 aliphatic heterocycles. The van der Waals surface area contributed by atoms with Gasteiger partial charge in [0.15, 0.2) is 8.32 Å². The van der Waals surface area contributed by atoms with Gasteiger partial charge in [-0.2, -0.15) is 5.01 Å². The predicted octanol–water partition coefficient (Wildman–Crippen LogP) is 2.10. The van der Waals surface area contributed by atoms with Crippen molar-refractivity contribution >= 4 is 14.5 Å². The van der Waals surface area contributed by atoms with Crippen molar-refractivity contribution in [2.75, 3.05) is 13.2 Å². The van der Waals surface area contributed by atoms with E-state index in [1.54, 1.807) is 6.21 Å². The number of hydrogen-bond acceptors (Lipinski definition) is 5. The maximum absolute atomic E-state index is 6.44. The molecular formula is C13H26N4OSi. The Morgan fingerprint density at radius 1 is 1.42 bits per heavy atom. The second-order valence-corrected chi connectivity index (χ2v) is 11.5. The van der Waals surface area contributed by atoms with E-state index in [1.807, 2.05) is 11.1 Å². The van der Waals surface area contributed by atoms with Crippen LogP contribution in [0.5, 0.6) is 0 Å². The summed E-state index contributed by atoms with van der Waals surface area (Å²) in [5.74, 6) is 0.749. The van der Waals surface area contributed by atoms with Crippen LogP contribution in [0.4, 0.5) is 0 Å². The third-order valence-corrected chi connectivity index (χ3v) is 8.82. The molecule has 0 aromatic heterocycles. The summed E-state index contributed by atoms with van der Waals surface area (Å²) in [6, 6.07) is 0. The molecule has 0 bridgehead atoms. The van der Waals surface area contributed by atoms with Crippen molar-refractivity contribution in [3.8, 4) is 0 Å². The normalized spacial score (nSPS) is 25.2. The van der Waals surface area contributed by atoms with E-state index in [0.717, 1.165) is 18.8 Å². The van der Waals surface area contributed by atoms with E-state index >= 15 is 0 Å². The number of nitrogens with two attached hydrogens (primary N) is 1. The van der Waals surface area contributed by atoms with Crippen molar-refractivity contribution in [1.29, 1.82) is 0 Å². The molecule has 1 fully saturated rings. The molecule has 0 spiro atoms. The monoisotopic (exact) mass is 282 g/mol. The smallest absolute Gasteiger partial charge is 0.194 e. The maximum Gasteiger partial charge on any atom is 0.194 e. The molecule has 6 heteroatoms. The van der Waals surface area contributed by atoms with Gasteiger partial charge in [0.2, 0.25) is 0 Å². The molecule has 0 saturated carbocycles. The van der Waals surface area contributed by atoms with Crippen molar-refractivity contribution in [2.24, 2.45) is 10.7 Å². The minimum atomic E-state index is -1.73. The Bertz CT molecular complexity index is 400. The Kier molecular flexibility index (Phi) is 3.77. The Morgan fingerprint density at radius 3 is 2.58 bits per heavy atom. The molecule has 5 nitrogen and oxygen atoms in total. The van der Waals surface area contributed by atoms with Crippen LogP contribution in [0, 0.1) is 0 Å². The fourth-order valence-corrected chi connectivity index (χ4v) is 3.19. The van der Waals surface area contributed by atoms with E-state index in [2.05, 4.69) is 43.9 Å². The van der Waals surface area contributed by atoms with Gasteiger partial charge in [-0.25, -0.2) is 0 Å². The first-order valence-corrected chi connectivity index (χ1v) is 9.81. The van der Waals surface area contributed by atoms with Crippen molar-refractivity contribution in [2.45, 2.75) is 51.6 Å². The SMILES string of the molecule is CC(C)(C)[Si](C)(C)OC1CCN1N1CN=CC=C1N. The van der Waals surface area contributed by atoms with Gasteiger partial charge < -0.3 is 10.2 Å². The molecule has 108 valence electrons. The van der Waals surface area contributed by atoms with E-state index in [9.17, 15) is 0 Å². The zero-order valence-corrected chi connectivity index (χ0v) is 13.7. The second kappa shape index (κ2) is 4.92. The van der Waals surface area contributed by atoms with Gasteiger partial charge >= 0.3 is 0 Å². The molecule has 19 heavy (non-hydrogen) atoms. The van der Waals surface area contributed by atoms with Gasteiger partial charge in [0.1, 0.15) is 18.7 Å². The third-order valence-electron chi connectivity index (χ3n) is 4.35. The Hall–Kier alpha value is -0.853. The summed E-state index contributed by atoms with van der Waals surface area (Å²) in [5.41, 5.74) is 6.01. The van der Waals surface area contributed by atoms with E-state index in [-0.39, 0.29) is 11.3 Å². The van der Waals surface area contributed by atoms with Crippen molar-refractivity contribution in [1.82, 2.24) is 10.0 Å². The summed E-state index contributed by atoms with van der Waals surface area (Å²) in [6.45, 7) is 13.0. The molecule has 1 atom stereocenters. The van der Waals surface area contributed by atoms with Gasteiger partial charge in [-0.05, 0) is 24.2 Å². The van der Waals surface area contributed by atoms with E-state index in [4.69, 9.17) is 10.2 Å². The highest BCUT2D eigenvalue weighted by molar-refractivity contribution is 6.74. The lowest BCUT2D eigenvalue weighted by Gasteiger charge is -2.51. The highest BCUT2D eigenvalue weighted by Gasteiger charge is 2.44. The predicted molar refractivity (Wildman–Crippen MR) is 80.9 cm³/mol. The molecule has 2 heterocycles. The lowest BCUT2D eigenvalue weighted by molar-refractivity contribution is -0.177. The molecule has 2 aliphatic rings. The highest BCUT2D eigenvalue weighted by Crippen LogP contribution is 2.39. The summed E-state index contributed by atoms with van der Waals surface area (Å²) in [6.07, 6.45) is 4.82. The second-order valence-electron chi connectivity index (χ2n) is 6.75. The molecule has 1 saturated heterocycles. The standard InChI is InChI=1S/C13H26N4OSi/c1-13(2,3)19(4,5)18-12-7-9-16(12)17-10-15-8-6-11(17)14/h6,8,12H,7,9-10,14H2,1-5H3. The number of hydrogen-bond donors (Lipinski definition) is 1. The van der Waals surface area contributed by atoms with Gasteiger partial charge in [0, 0.05) is 19.2 Å². The van der Waals surface area contributed by atoms with E-state index in [0.29, 0.717) is 6.67 Å². The first kappa shape index (κ1) is 14.6. The van der Waals surface area contributed by atoms with Crippen LogP contribution in [0.1, 0.15) is 27.2 Å². The summed E-state index contributed by atoms with van der Waals surface area (Å²) in [4.78, 5) is 4.25. The van der Waals surface area contributed by atoms with Crippen LogP contribution >= 0.6 is 0 Å². The minimum Gasteiger partial charge on any atom is -0.400 e. The van der Waals surface area contributed by atoms with Crippen LogP contribution in [0.3, 0.4) is 0 Å². The molecule has 1 unspecified atom stereocenters. The van der Waals surface area contributed by atoms with Gasteiger partial charge in [-0.15, -0.1) is 0 Å². The molecule has 2 rings (SSSR count). The average Bonchev–Trinajstić information content (AvgIpc) is 2.26. The number of nitrogens with zero attached hydrogens (tertiary/aromatic N) is 3. The molecule has 0 aromatic rings. The molecule has 0 aliphatic carbocycles. The summed E-state index contributed by atoms with van der Waals surface area (Å²) in [5, 5.41) is 4.44. The van der Waals surface area contributed by atoms with Crippen molar-refractivity contribution in [3.63, 3.8) is 0 Å². The van der Waals surface area contributed by atoms with Crippen LogP contribution < -0.4 is 5.73 Å². The zero-order chi connectivity index (χ0) is 14.3. The van der Waals surface area contributed by atoms with Gasteiger partial charge in [-0.1, -0.05) is 20.8 Å². The Morgan fingerprint density at radius 2 is 2.11 bits per heavy atom. The Labute approximate surface area is 117 Å². The average molecular weight is 282 g/mol. The molecule has 0 radical (unpaired) electrons. The van der Waals surface area contributed by atoms with Crippen LogP contribution in [0.2, 0.25) is 18.1 Å². The lowest BCUT2D eigenvalue weighted by Crippen LogP contribution is -2.62. The first-order chi connectivity index (χ1) is 8.72. The fraction of sp³-hybridized carbons (Fsp3) is 0.769. The van der Waals surface area contributed by atoms with Crippen LogP contribution in [0.15, 0.2) is 16.9 Å². The maximum atomic E-state index is 6.44. The summed E-state index contributed by atoms with van der Waals surface area (Å²) in [7, 11) is -1.73. The lowest BCUT2D eigenvalue weighted by atomic mass is 10.2. The van der Waals surface area contributed by atoms with Gasteiger partial charge in [-0.3, -0.25) is 10.0 Å². The summed E-state index contributed by atoms with van der Waals surface area (Å²) < 4.78 is 6.44. The molecule has 2 N–H and O–H groups in total. The van der Waals surface area contributed by atoms with Crippen molar-refractivity contribution in [3.05, 3.63) is 11.9 Å². The van der Waals surface area contributed by atoms with Gasteiger partial charge in [0.05, 0.1) is 0 Å². The van der Waals surface area contributed by atoms with Gasteiger partial charge in [0.25, 0.3) is 0 Å². The zero-order valence-electron chi connectivity index (χ0n) is 12.7. The quantitative estimate of drug-likeness (QED) is 0.805. The summed E-state index contributed by atoms with van der Waals surface area (Å²) >= 11 is 0. The molecule has 0 amide bonds. The number of hydrazine groups is 1. The molecular weight excluding hydrogens is 256 g/mol. The fourth-order valence-electron chi connectivity index (χ4n) is 1.91. The number of allylic oxidation sites excluding steroid dienone is 1. The largest absolute Gasteiger partial charge is 0.400 e. The third kappa shape index (κ3) is 2.85. The minimum absolute atomic E-state index is 0.154. The van der Waals surface area contributed by atoms with Crippen LogP contribution in [-0.4, -0.2) is 44.0 Å². The first-order valence-electron chi connectivity index (χ1n) is 6.90. The van der Waals surface area contributed by atoms with E-state index < -0.39 is 8.32 Å².